The number of pyridine rings is 2. The van der Waals surface area contributed by atoms with E-state index in [1.165, 1.54) is 0 Å². The number of rotatable bonds is 4. The van der Waals surface area contributed by atoms with Gasteiger partial charge in [0.2, 0.25) is 6.29 Å². The minimum Gasteiger partial charge on any atom is -0.452 e. The summed E-state index contributed by atoms with van der Waals surface area (Å²) in [6.07, 6.45) is 3.91. The molecule has 2 aromatic heterocycles. The van der Waals surface area contributed by atoms with Crippen LogP contribution in [0.5, 0.6) is 11.5 Å². The smallest absolute Gasteiger partial charge is 0.242 e. The molecular formula is C37H28N4O2. The summed E-state index contributed by atoms with van der Waals surface area (Å²) < 4.78 is 13.0. The highest BCUT2D eigenvalue weighted by Gasteiger charge is 2.39. The number of ether oxygens (including phenoxy) is 2. The van der Waals surface area contributed by atoms with E-state index in [9.17, 15) is 0 Å². The summed E-state index contributed by atoms with van der Waals surface area (Å²) in [5, 5.41) is 2.21. The lowest BCUT2D eigenvalue weighted by atomic mass is 9.82. The highest BCUT2D eigenvalue weighted by atomic mass is 16.7. The van der Waals surface area contributed by atoms with E-state index in [1.54, 1.807) is 0 Å². The van der Waals surface area contributed by atoms with Crippen LogP contribution < -0.4 is 9.47 Å². The molecule has 0 atom stereocenters. The van der Waals surface area contributed by atoms with Crippen LogP contribution in [-0.4, -0.2) is 28.7 Å². The summed E-state index contributed by atoms with van der Waals surface area (Å²) in [6, 6.07) is 32.8. The summed E-state index contributed by atoms with van der Waals surface area (Å²) in [5.41, 5.74) is 9.53. The third-order valence-corrected chi connectivity index (χ3v) is 8.07. The molecular weight excluding hydrogens is 532 g/mol. The molecule has 0 saturated heterocycles. The predicted molar refractivity (Wildman–Crippen MR) is 172 cm³/mol. The fraction of sp³-hybridized carbons (Fsp3) is 0.135. The molecule has 0 amide bonds. The third-order valence-electron chi connectivity index (χ3n) is 8.07. The van der Waals surface area contributed by atoms with Crippen molar-refractivity contribution in [3.05, 3.63) is 131 Å². The van der Waals surface area contributed by atoms with Gasteiger partial charge in [-0.15, -0.1) is 0 Å². The number of fused-ring (bicyclic) bond motifs is 8. The number of aromatic nitrogens is 2. The lowest BCUT2D eigenvalue weighted by molar-refractivity contribution is -0.0255. The average Bonchev–Trinajstić information content (AvgIpc) is 3.03. The fourth-order valence-corrected chi connectivity index (χ4v) is 6.11. The summed E-state index contributed by atoms with van der Waals surface area (Å²) in [4.78, 5) is 19.2. The molecule has 4 aromatic carbocycles. The van der Waals surface area contributed by atoms with E-state index in [2.05, 4.69) is 62.4 Å². The Hall–Kier alpha value is -5.36. The monoisotopic (exact) mass is 560 g/mol. The molecule has 0 saturated carbocycles. The van der Waals surface area contributed by atoms with Crippen molar-refractivity contribution < 1.29 is 9.47 Å². The molecule has 8 rings (SSSR count). The first-order valence-electron chi connectivity index (χ1n) is 14.5. The van der Waals surface area contributed by atoms with Crippen molar-refractivity contribution in [3.8, 4) is 11.5 Å². The minimum absolute atomic E-state index is 0.109. The van der Waals surface area contributed by atoms with Crippen LogP contribution in [-0.2, 0) is 0 Å². The minimum atomic E-state index is -0.434. The number of para-hydroxylation sites is 2. The van der Waals surface area contributed by atoms with Gasteiger partial charge in [0.05, 0.1) is 34.9 Å². The largest absolute Gasteiger partial charge is 0.452 e. The summed E-state index contributed by atoms with van der Waals surface area (Å²) in [6.45, 7) is 4.20. The molecule has 6 nitrogen and oxygen atoms in total. The van der Waals surface area contributed by atoms with Crippen molar-refractivity contribution in [2.45, 2.75) is 32.5 Å². The van der Waals surface area contributed by atoms with Crippen LogP contribution in [0.15, 0.2) is 107 Å². The quantitative estimate of drug-likeness (QED) is 0.203. The van der Waals surface area contributed by atoms with Gasteiger partial charge in [0.15, 0.2) is 11.5 Å². The van der Waals surface area contributed by atoms with Gasteiger partial charge in [0.25, 0.3) is 0 Å². The number of hydrogen-bond donors (Lipinski definition) is 0. The summed E-state index contributed by atoms with van der Waals surface area (Å²) >= 11 is 0. The number of nitrogens with zero attached hydrogens (tertiary/aromatic N) is 4. The number of aliphatic imine (C=N–C) groups is 2. The van der Waals surface area contributed by atoms with E-state index < -0.39 is 6.29 Å². The van der Waals surface area contributed by atoms with Crippen molar-refractivity contribution in [2.75, 3.05) is 0 Å². The van der Waals surface area contributed by atoms with Crippen molar-refractivity contribution in [1.82, 2.24) is 9.97 Å². The molecule has 43 heavy (non-hydrogen) atoms. The van der Waals surface area contributed by atoms with Gasteiger partial charge in [0, 0.05) is 34.2 Å². The highest BCUT2D eigenvalue weighted by Crippen LogP contribution is 2.53. The Bertz CT molecular complexity index is 1970. The van der Waals surface area contributed by atoms with Crippen LogP contribution in [0, 0.1) is 13.8 Å². The Kier molecular flexibility index (Phi) is 6.00. The van der Waals surface area contributed by atoms with E-state index in [1.807, 2.05) is 61.0 Å². The van der Waals surface area contributed by atoms with Crippen molar-refractivity contribution in [3.63, 3.8) is 0 Å². The lowest BCUT2D eigenvalue weighted by Crippen LogP contribution is -2.35. The molecule has 0 N–H and O–H groups in total. The van der Waals surface area contributed by atoms with E-state index in [0.717, 1.165) is 84.7 Å². The van der Waals surface area contributed by atoms with Crippen LogP contribution in [0.25, 0.3) is 21.8 Å². The van der Waals surface area contributed by atoms with Crippen molar-refractivity contribution in [2.24, 2.45) is 9.98 Å². The molecule has 6 aromatic rings. The molecule has 0 unspecified atom stereocenters. The Labute approximate surface area is 249 Å². The average molecular weight is 561 g/mol. The molecule has 0 radical (unpaired) electrons. The van der Waals surface area contributed by atoms with Crippen molar-refractivity contribution >= 4 is 45.6 Å². The maximum Gasteiger partial charge on any atom is 0.242 e. The maximum atomic E-state index is 6.48. The first-order chi connectivity index (χ1) is 21.1. The van der Waals surface area contributed by atoms with Gasteiger partial charge < -0.3 is 9.47 Å². The number of benzene rings is 4. The second-order valence-corrected chi connectivity index (χ2v) is 11.2. The van der Waals surface area contributed by atoms with Crippen LogP contribution in [0.1, 0.15) is 46.0 Å². The zero-order chi connectivity index (χ0) is 28.9. The van der Waals surface area contributed by atoms with Crippen LogP contribution >= 0.6 is 0 Å². The molecule has 4 heterocycles. The fourth-order valence-electron chi connectivity index (χ4n) is 6.11. The first kappa shape index (κ1) is 25.4. The van der Waals surface area contributed by atoms with Gasteiger partial charge in [-0.3, -0.25) is 9.98 Å². The zero-order valence-corrected chi connectivity index (χ0v) is 23.9. The Balaban J connectivity index is 1.16. The zero-order valence-electron chi connectivity index (χ0n) is 23.9. The molecule has 2 aliphatic rings. The van der Waals surface area contributed by atoms with E-state index >= 15 is 0 Å². The van der Waals surface area contributed by atoms with Crippen LogP contribution in [0.4, 0.5) is 11.4 Å². The van der Waals surface area contributed by atoms with E-state index in [0.29, 0.717) is 0 Å². The Morgan fingerprint density at radius 3 is 1.63 bits per heavy atom. The Morgan fingerprint density at radius 1 is 0.628 bits per heavy atom. The van der Waals surface area contributed by atoms with Gasteiger partial charge in [-0.25, -0.2) is 9.97 Å². The predicted octanol–water partition coefficient (Wildman–Crippen LogP) is 8.53. The SMILES string of the molecule is Cc1cc(N=Cc2ccc3ccccc3n2)c2c(c1)C1CC(O2)Oc2c(N=Cc3ccc4ccccc4n3)cc(C)cc21. The molecule has 0 aliphatic carbocycles. The molecule has 2 bridgehead atoms. The second-order valence-electron chi connectivity index (χ2n) is 11.2. The van der Waals surface area contributed by atoms with Gasteiger partial charge in [-0.2, -0.15) is 0 Å². The Morgan fingerprint density at radius 2 is 1.12 bits per heavy atom. The van der Waals surface area contributed by atoms with Gasteiger partial charge >= 0.3 is 0 Å². The normalized spacial score (nSPS) is 17.2. The highest BCUT2D eigenvalue weighted by molar-refractivity contribution is 5.88. The molecule has 2 aliphatic heterocycles. The van der Waals surface area contributed by atoms with E-state index in [-0.39, 0.29) is 5.92 Å². The summed E-state index contributed by atoms with van der Waals surface area (Å²) in [5.74, 6) is 1.64. The van der Waals surface area contributed by atoms with Crippen molar-refractivity contribution in [1.29, 1.82) is 0 Å². The summed E-state index contributed by atoms with van der Waals surface area (Å²) in [7, 11) is 0. The lowest BCUT2D eigenvalue weighted by Gasteiger charge is -2.39. The molecule has 6 heteroatoms. The standard InChI is InChI=1S/C37H28N4O2/c1-22-15-29-28-19-35(42-36(29)33(17-22)38-20-26-13-11-24-7-3-5-9-31(24)40-26)43-37-30(28)16-23(2)18-34(37)39-21-27-14-12-25-8-4-6-10-32(25)41-27/h3-18,20-21,28,35H,19H2,1-2H3. The van der Waals surface area contributed by atoms with Gasteiger partial charge in [0.1, 0.15) is 11.4 Å². The van der Waals surface area contributed by atoms with Crippen LogP contribution in [0.3, 0.4) is 0 Å². The second kappa shape index (κ2) is 10.2. The first-order valence-corrected chi connectivity index (χ1v) is 14.5. The number of hydrogen-bond acceptors (Lipinski definition) is 6. The molecule has 0 spiro atoms. The van der Waals surface area contributed by atoms with E-state index in [4.69, 9.17) is 29.4 Å². The third kappa shape index (κ3) is 4.71. The molecule has 208 valence electrons. The van der Waals surface area contributed by atoms with Crippen LogP contribution in [0.2, 0.25) is 0 Å². The molecule has 0 fully saturated rings. The maximum absolute atomic E-state index is 6.48. The van der Waals surface area contributed by atoms with Gasteiger partial charge in [-0.1, -0.05) is 60.7 Å². The van der Waals surface area contributed by atoms with Gasteiger partial charge in [-0.05, 0) is 61.4 Å². The number of aryl methyl sites for hydroxylation is 2. The topological polar surface area (TPSA) is 69.0 Å².